The van der Waals surface area contributed by atoms with E-state index in [9.17, 15) is 9.59 Å². The van der Waals surface area contributed by atoms with Crippen LogP contribution in [-0.2, 0) is 11.5 Å². The monoisotopic (exact) mass is 630 g/mol. The number of rotatable bonds is 12. The summed E-state index contributed by atoms with van der Waals surface area (Å²) in [5.74, 6) is 0.682. The number of halogens is 2. The first-order valence-electron chi connectivity index (χ1n) is 15.2. The van der Waals surface area contributed by atoms with E-state index >= 15 is 0 Å². The quantitative estimate of drug-likeness (QED) is 0.196. The van der Waals surface area contributed by atoms with Crippen LogP contribution in [0.4, 0.5) is 10.5 Å². The smallest absolute Gasteiger partial charge is 0.412 e. The maximum Gasteiger partial charge on any atom is 0.412 e. The van der Waals surface area contributed by atoms with E-state index in [0.717, 1.165) is 63.1 Å². The predicted molar refractivity (Wildman–Crippen MR) is 176 cm³/mol. The van der Waals surface area contributed by atoms with E-state index in [2.05, 4.69) is 9.80 Å². The number of aromatic nitrogens is 1. The first-order valence-corrected chi connectivity index (χ1v) is 15.9. The summed E-state index contributed by atoms with van der Waals surface area (Å²) in [6.07, 6.45) is 2.28. The van der Waals surface area contributed by atoms with Crippen LogP contribution in [-0.4, -0.2) is 71.4 Å². The van der Waals surface area contributed by atoms with Crippen molar-refractivity contribution in [2.75, 3.05) is 44.2 Å². The van der Waals surface area contributed by atoms with Crippen LogP contribution in [0.1, 0.15) is 53.9 Å². The van der Waals surface area contributed by atoms with Gasteiger partial charge in [-0.3, -0.25) is 14.3 Å². The Morgan fingerprint density at radius 3 is 2.44 bits per heavy atom. The topological polar surface area (TPSA) is 67.2 Å². The maximum absolute atomic E-state index is 13.0. The van der Waals surface area contributed by atoms with Crippen LogP contribution in [0.25, 0.3) is 10.9 Å². The summed E-state index contributed by atoms with van der Waals surface area (Å²) in [7, 11) is 0. The van der Waals surface area contributed by atoms with Crippen molar-refractivity contribution in [1.29, 1.82) is 0 Å². The van der Waals surface area contributed by atoms with Crippen LogP contribution >= 0.6 is 23.2 Å². The zero-order valence-corrected chi connectivity index (χ0v) is 27.5. The fourth-order valence-corrected chi connectivity index (χ4v) is 6.00. The number of benzene rings is 2. The highest BCUT2D eigenvalue weighted by atomic mass is 35.5. The van der Waals surface area contributed by atoms with Gasteiger partial charge in [0.1, 0.15) is 5.75 Å². The third-order valence-corrected chi connectivity index (χ3v) is 9.10. The van der Waals surface area contributed by atoms with E-state index in [4.69, 9.17) is 32.7 Å². The van der Waals surface area contributed by atoms with Gasteiger partial charge in [-0.1, -0.05) is 36.2 Å². The van der Waals surface area contributed by atoms with Crippen LogP contribution in [0.5, 0.6) is 5.75 Å². The van der Waals surface area contributed by atoms with E-state index in [0.29, 0.717) is 27.9 Å². The van der Waals surface area contributed by atoms with Crippen molar-refractivity contribution in [2.45, 2.75) is 72.2 Å². The summed E-state index contributed by atoms with van der Waals surface area (Å²) in [5.41, 5.74) is 1.07. The molecule has 1 aliphatic heterocycles. The Bertz CT molecular complexity index is 1450. The number of fused-ring (bicyclic) bond motifs is 1. The van der Waals surface area contributed by atoms with Crippen LogP contribution in [0.15, 0.2) is 53.3 Å². The normalized spacial score (nSPS) is 14.4. The number of unbranched alkanes of at least 4 members (excludes halogenated alkanes) is 1. The molecule has 10 heteroatoms. The first kappa shape index (κ1) is 33.0. The Labute approximate surface area is 265 Å². The van der Waals surface area contributed by atoms with Gasteiger partial charge < -0.3 is 19.3 Å². The van der Waals surface area contributed by atoms with Crippen LogP contribution in [0, 0.1) is 0 Å². The minimum atomic E-state index is -0.437. The third-order valence-electron chi connectivity index (χ3n) is 8.29. The van der Waals surface area contributed by atoms with E-state index in [1.54, 1.807) is 11.0 Å². The lowest BCUT2D eigenvalue weighted by Crippen LogP contribution is -2.51. The molecule has 1 fully saturated rings. The van der Waals surface area contributed by atoms with Crippen molar-refractivity contribution in [2.24, 2.45) is 0 Å². The molecule has 2 aromatic carbocycles. The largest absolute Gasteiger partial charge is 0.494 e. The second-order valence-corrected chi connectivity index (χ2v) is 12.7. The Balaban J connectivity index is 1.28. The Morgan fingerprint density at radius 2 is 1.74 bits per heavy atom. The summed E-state index contributed by atoms with van der Waals surface area (Å²) < 4.78 is 13.2. The molecule has 43 heavy (non-hydrogen) atoms. The number of nitrogens with zero attached hydrogens (tertiary/aromatic N) is 4. The molecule has 0 bridgehead atoms. The molecule has 0 aliphatic carbocycles. The number of hydrogen-bond donors (Lipinski definition) is 0. The van der Waals surface area contributed by atoms with Crippen molar-refractivity contribution in [3.63, 3.8) is 0 Å². The van der Waals surface area contributed by atoms with Crippen molar-refractivity contribution in [3.8, 4) is 5.75 Å². The van der Waals surface area contributed by atoms with Crippen molar-refractivity contribution < 1.29 is 14.3 Å². The van der Waals surface area contributed by atoms with Gasteiger partial charge in [0.15, 0.2) is 6.73 Å². The second kappa shape index (κ2) is 14.7. The van der Waals surface area contributed by atoms with E-state index < -0.39 is 6.09 Å². The van der Waals surface area contributed by atoms with Gasteiger partial charge in [-0.25, -0.2) is 4.79 Å². The number of anilines is 1. The Hall–Kier alpha value is -2.94. The molecule has 1 amide bonds. The minimum absolute atomic E-state index is 0.0377. The highest BCUT2D eigenvalue weighted by molar-refractivity contribution is 6.43. The Morgan fingerprint density at radius 1 is 1.02 bits per heavy atom. The molecule has 1 aliphatic rings. The van der Waals surface area contributed by atoms with E-state index in [1.807, 2.05) is 71.0 Å². The highest BCUT2D eigenvalue weighted by Gasteiger charge is 2.32. The fourth-order valence-electron chi connectivity index (χ4n) is 5.58. The SMILES string of the molecule is CCC(C)(C)N(C(=O)OCn1c(=O)ccc2ccc(OCCCCN3CCN(c4cccc(Cl)c4Cl)CC3)cc21)C(C)C. The minimum Gasteiger partial charge on any atom is -0.494 e. The summed E-state index contributed by atoms with van der Waals surface area (Å²) >= 11 is 12.6. The molecule has 234 valence electrons. The molecule has 0 N–H and O–H groups in total. The lowest BCUT2D eigenvalue weighted by Gasteiger charge is -2.40. The summed E-state index contributed by atoms with van der Waals surface area (Å²) in [5, 5.41) is 2.08. The number of hydrogen-bond acceptors (Lipinski definition) is 6. The van der Waals surface area contributed by atoms with Crippen molar-refractivity contribution in [1.82, 2.24) is 14.4 Å². The van der Waals surface area contributed by atoms with Gasteiger partial charge in [0.05, 0.1) is 27.9 Å². The van der Waals surface area contributed by atoms with Gasteiger partial charge in [0.25, 0.3) is 5.56 Å². The van der Waals surface area contributed by atoms with E-state index in [-0.39, 0.29) is 23.9 Å². The number of piperazine rings is 1. The zero-order valence-electron chi connectivity index (χ0n) is 25.9. The summed E-state index contributed by atoms with van der Waals surface area (Å²) in [6.45, 7) is 15.2. The molecular weight excluding hydrogens is 587 g/mol. The highest BCUT2D eigenvalue weighted by Crippen LogP contribution is 2.33. The van der Waals surface area contributed by atoms with Crippen LogP contribution < -0.4 is 15.2 Å². The molecule has 0 saturated carbocycles. The second-order valence-electron chi connectivity index (χ2n) is 11.9. The molecular formula is C33H44Cl2N4O4. The number of carbonyl (C=O) groups is 1. The van der Waals surface area contributed by atoms with Gasteiger partial charge in [-0.05, 0) is 89.2 Å². The standard InChI is InChI=1S/C33H44Cl2N4O4/c1-6-33(4,5)39(24(2)3)32(41)43-23-38-29-22-26(14-12-25(29)13-15-30(38)40)42-21-8-7-16-36-17-19-37(20-18-36)28-11-9-10-27(34)31(28)35/h9-15,22,24H,6-8,16-21,23H2,1-5H3. The number of ether oxygens (including phenoxy) is 2. The van der Waals surface area contributed by atoms with Crippen molar-refractivity contribution in [3.05, 3.63) is 68.9 Å². The number of carbonyl (C=O) groups excluding carboxylic acids is 1. The average Bonchev–Trinajstić information content (AvgIpc) is 2.98. The molecule has 0 atom stereocenters. The van der Waals surface area contributed by atoms with Gasteiger partial charge >= 0.3 is 6.09 Å². The summed E-state index contributed by atoms with van der Waals surface area (Å²) in [6, 6.07) is 14.7. The first-order chi connectivity index (χ1) is 20.5. The molecule has 2 heterocycles. The van der Waals surface area contributed by atoms with Crippen LogP contribution in [0.2, 0.25) is 10.0 Å². The third kappa shape index (κ3) is 8.16. The predicted octanol–water partition coefficient (Wildman–Crippen LogP) is 7.28. The molecule has 4 rings (SSSR count). The van der Waals surface area contributed by atoms with E-state index in [1.165, 1.54) is 10.6 Å². The molecule has 8 nitrogen and oxygen atoms in total. The number of pyridine rings is 1. The van der Waals surface area contributed by atoms with Gasteiger partial charge in [-0.2, -0.15) is 0 Å². The Kier molecular flexibility index (Phi) is 11.3. The number of amides is 1. The van der Waals surface area contributed by atoms with Gasteiger partial charge in [-0.15, -0.1) is 0 Å². The average molecular weight is 632 g/mol. The van der Waals surface area contributed by atoms with Crippen molar-refractivity contribution >= 4 is 45.9 Å². The van der Waals surface area contributed by atoms with Crippen LogP contribution in [0.3, 0.4) is 0 Å². The molecule has 0 spiro atoms. The molecule has 1 aromatic heterocycles. The van der Waals surface area contributed by atoms with Gasteiger partial charge in [0, 0.05) is 49.9 Å². The molecule has 1 saturated heterocycles. The molecule has 0 radical (unpaired) electrons. The molecule has 3 aromatic rings. The zero-order chi connectivity index (χ0) is 31.1. The lowest BCUT2D eigenvalue weighted by atomic mass is 9.98. The maximum atomic E-state index is 13.0. The lowest BCUT2D eigenvalue weighted by molar-refractivity contribution is 0.0274. The fraction of sp³-hybridized carbons (Fsp3) is 0.515. The van der Waals surface area contributed by atoms with Gasteiger partial charge in [0.2, 0.25) is 0 Å². The molecule has 0 unspecified atom stereocenters. The summed E-state index contributed by atoms with van der Waals surface area (Å²) in [4.78, 5) is 32.3.